The molecule has 2 aliphatic rings. The van der Waals surface area contributed by atoms with Crippen molar-refractivity contribution in [3.05, 3.63) is 0 Å². The highest BCUT2D eigenvalue weighted by atomic mass is 35.5. The number of carbonyl (C=O) groups is 1. The Kier molecular flexibility index (Phi) is 5.02. The summed E-state index contributed by atoms with van der Waals surface area (Å²) in [7, 11) is 0. The first kappa shape index (κ1) is 13.7. The van der Waals surface area contributed by atoms with Gasteiger partial charge in [0.05, 0.1) is 5.54 Å². The molecule has 0 atom stereocenters. The summed E-state index contributed by atoms with van der Waals surface area (Å²) in [6, 6.07) is 0. The van der Waals surface area contributed by atoms with Gasteiger partial charge in [-0.3, -0.25) is 4.79 Å². The van der Waals surface area contributed by atoms with Crippen LogP contribution in [0.4, 0.5) is 0 Å². The monoisotopic (exact) mass is 248 g/mol. The average molecular weight is 249 g/mol. The van der Waals surface area contributed by atoms with Crippen molar-refractivity contribution in [2.24, 2.45) is 11.7 Å². The molecule has 2 saturated carbocycles. The van der Waals surface area contributed by atoms with Crippen LogP contribution in [0.15, 0.2) is 0 Å². The molecule has 0 aromatic heterocycles. The second kappa shape index (κ2) is 5.84. The average Bonchev–Trinajstić information content (AvgIpc) is 3.08. The van der Waals surface area contributed by atoms with Crippen molar-refractivity contribution in [1.29, 1.82) is 0 Å². The van der Waals surface area contributed by atoms with Crippen LogP contribution in [0.25, 0.3) is 0 Å². The van der Waals surface area contributed by atoms with Crippen LogP contribution in [0.2, 0.25) is 0 Å². The molecule has 5 heteroatoms. The summed E-state index contributed by atoms with van der Waals surface area (Å²) in [5, 5.41) is 2.84. The van der Waals surface area contributed by atoms with E-state index in [4.69, 9.17) is 10.5 Å². The lowest BCUT2D eigenvalue weighted by molar-refractivity contribution is -0.123. The van der Waals surface area contributed by atoms with Crippen molar-refractivity contribution in [1.82, 2.24) is 5.32 Å². The van der Waals surface area contributed by atoms with Crippen molar-refractivity contribution in [3.8, 4) is 0 Å². The number of amides is 1. The van der Waals surface area contributed by atoms with Gasteiger partial charge in [-0.1, -0.05) is 0 Å². The molecular formula is C11H21ClN2O2. The van der Waals surface area contributed by atoms with Crippen LogP contribution < -0.4 is 11.1 Å². The summed E-state index contributed by atoms with van der Waals surface area (Å²) in [5.74, 6) is 0.822. The molecule has 0 aromatic carbocycles. The fourth-order valence-electron chi connectivity index (χ4n) is 1.45. The van der Waals surface area contributed by atoms with Gasteiger partial charge in [-0.05, 0) is 38.0 Å². The van der Waals surface area contributed by atoms with E-state index in [2.05, 4.69) is 5.32 Å². The highest BCUT2D eigenvalue weighted by Gasteiger charge is 2.45. The van der Waals surface area contributed by atoms with Crippen LogP contribution in [-0.2, 0) is 9.53 Å². The highest BCUT2D eigenvalue weighted by molar-refractivity contribution is 5.88. The van der Waals surface area contributed by atoms with Crippen molar-refractivity contribution in [3.63, 3.8) is 0 Å². The predicted molar refractivity (Wildman–Crippen MR) is 64.6 cm³/mol. The molecule has 0 unspecified atom stereocenters. The van der Waals surface area contributed by atoms with E-state index in [1.54, 1.807) is 0 Å². The molecule has 2 rings (SSSR count). The topological polar surface area (TPSA) is 64.4 Å². The Morgan fingerprint density at radius 1 is 1.44 bits per heavy atom. The molecule has 2 fully saturated rings. The summed E-state index contributed by atoms with van der Waals surface area (Å²) in [6.07, 6.45) is 5.20. The van der Waals surface area contributed by atoms with E-state index in [9.17, 15) is 4.79 Å². The van der Waals surface area contributed by atoms with E-state index < -0.39 is 5.54 Å². The van der Waals surface area contributed by atoms with E-state index in [0.717, 1.165) is 38.4 Å². The number of hydrogen-bond acceptors (Lipinski definition) is 3. The normalized spacial score (nSPS) is 21.1. The zero-order valence-corrected chi connectivity index (χ0v) is 10.4. The van der Waals surface area contributed by atoms with Gasteiger partial charge < -0.3 is 15.8 Å². The Hall–Kier alpha value is -0.320. The molecule has 0 heterocycles. The van der Waals surface area contributed by atoms with E-state index in [1.165, 1.54) is 12.8 Å². The molecule has 16 heavy (non-hydrogen) atoms. The minimum absolute atomic E-state index is 0. The number of rotatable bonds is 7. The predicted octanol–water partition coefficient (Wildman–Crippen LogP) is 0.832. The molecule has 94 valence electrons. The molecule has 0 aromatic rings. The number of halogens is 1. The quantitative estimate of drug-likeness (QED) is 0.656. The second-order valence-electron chi connectivity index (χ2n) is 4.78. The van der Waals surface area contributed by atoms with Crippen LogP contribution in [0.3, 0.4) is 0 Å². The fraction of sp³-hybridized carbons (Fsp3) is 0.909. The number of ether oxygens (including phenoxy) is 1. The van der Waals surface area contributed by atoms with Crippen LogP contribution in [0.5, 0.6) is 0 Å². The third kappa shape index (κ3) is 4.28. The minimum atomic E-state index is -0.533. The van der Waals surface area contributed by atoms with Gasteiger partial charge in [0.1, 0.15) is 0 Å². The molecular weight excluding hydrogens is 228 g/mol. The Labute approximate surface area is 103 Å². The van der Waals surface area contributed by atoms with Crippen LogP contribution in [-0.4, -0.2) is 31.2 Å². The SMILES string of the molecule is Cl.NC1(C(=O)NCCCOCC2CC2)CC1. The Balaban J connectivity index is 0.00000128. The van der Waals surface area contributed by atoms with Crippen LogP contribution in [0.1, 0.15) is 32.1 Å². The van der Waals surface area contributed by atoms with Crippen molar-refractivity contribution in [2.75, 3.05) is 19.8 Å². The molecule has 0 aliphatic heterocycles. The lowest BCUT2D eigenvalue weighted by atomic mass is 10.2. The molecule has 2 aliphatic carbocycles. The van der Waals surface area contributed by atoms with Gasteiger partial charge in [0.2, 0.25) is 5.91 Å². The molecule has 0 spiro atoms. The van der Waals surface area contributed by atoms with E-state index >= 15 is 0 Å². The lowest BCUT2D eigenvalue weighted by Crippen LogP contribution is -2.43. The summed E-state index contributed by atoms with van der Waals surface area (Å²) in [4.78, 5) is 11.4. The Bertz CT molecular complexity index is 240. The zero-order valence-electron chi connectivity index (χ0n) is 9.54. The van der Waals surface area contributed by atoms with Gasteiger partial charge in [-0.25, -0.2) is 0 Å². The Morgan fingerprint density at radius 2 is 2.12 bits per heavy atom. The number of carbonyl (C=O) groups excluding carboxylic acids is 1. The molecule has 0 saturated heterocycles. The maximum Gasteiger partial charge on any atom is 0.240 e. The van der Waals surface area contributed by atoms with Crippen LogP contribution in [0, 0.1) is 5.92 Å². The smallest absolute Gasteiger partial charge is 0.240 e. The van der Waals surface area contributed by atoms with E-state index in [1.807, 2.05) is 0 Å². The maximum absolute atomic E-state index is 11.4. The van der Waals surface area contributed by atoms with Gasteiger partial charge in [0, 0.05) is 19.8 Å². The summed E-state index contributed by atoms with van der Waals surface area (Å²) in [5.41, 5.74) is 5.20. The lowest BCUT2D eigenvalue weighted by Gasteiger charge is -2.09. The first-order valence-electron chi connectivity index (χ1n) is 5.86. The summed E-state index contributed by atoms with van der Waals surface area (Å²) < 4.78 is 5.46. The van der Waals surface area contributed by atoms with Gasteiger partial charge >= 0.3 is 0 Å². The first-order chi connectivity index (χ1) is 7.21. The maximum atomic E-state index is 11.4. The fourth-order valence-corrected chi connectivity index (χ4v) is 1.45. The van der Waals surface area contributed by atoms with Crippen LogP contribution >= 0.6 is 12.4 Å². The first-order valence-corrected chi connectivity index (χ1v) is 5.86. The van der Waals surface area contributed by atoms with Crippen molar-refractivity contribution < 1.29 is 9.53 Å². The standard InChI is InChI=1S/C11H20N2O2.ClH/c12-11(4-5-11)10(14)13-6-1-7-15-8-9-2-3-9;/h9H,1-8,12H2,(H,13,14);1H. The van der Waals surface area contributed by atoms with E-state index in [0.29, 0.717) is 6.54 Å². The Morgan fingerprint density at radius 3 is 2.69 bits per heavy atom. The largest absolute Gasteiger partial charge is 0.381 e. The van der Waals surface area contributed by atoms with Crippen molar-refractivity contribution in [2.45, 2.75) is 37.6 Å². The van der Waals surface area contributed by atoms with Gasteiger partial charge in [0.25, 0.3) is 0 Å². The number of nitrogens with two attached hydrogens (primary N) is 1. The molecule has 0 radical (unpaired) electrons. The number of nitrogens with one attached hydrogen (secondary N) is 1. The summed E-state index contributed by atoms with van der Waals surface area (Å²) >= 11 is 0. The molecule has 1 amide bonds. The zero-order chi connectivity index (χ0) is 10.7. The van der Waals surface area contributed by atoms with Gasteiger partial charge in [0.15, 0.2) is 0 Å². The van der Waals surface area contributed by atoms with Crippen molar-refractivity contribution >= 4 is 18.3 Å². The molecule has 4 nitrogen and oxygen atoms in total. The van der Waals surface area contributed by atoms with Gasteiger partial charge in [-0.15, -0.1) is 12.4 Å². The van der Waals surface area contributed by atoms with E-state index in [-0.39, 0.29) is 18.3 Å². The second-order valence-corrected chi connectivity index (χ2v) is 4.78. The minimum Gasteiger partial charge on any atom is -0.381 e. The van der Waals surface area contributed by atoms with Gasteiger partial charge in [-0.2, -0.15) is 0 Å². The molecule has 0 bridgehead atoms. The third-order valence-corrected chi connectivity index (χ3v) is 3.04. The highest BCUT2D eigenvalue weighted by Crippen LogP contribution is 2.32. The number of hydrogen-bond donors (Lipinski definition) is 2. The third-order valence-electron chi connectivity index (χ3n) is 3.04. The summed E-state index contributed by atoms with van der Waals surface area (Å²) in [6.45, 7) is 2.32. The molecule has 3 N–H and O–H groups in total.